The maximum atomic E-state index is 11.4. The zero-order valence-electron chi connectivity index (χ0n) is 8.09. The van der Waals surface area contributed by atoms with Crippen molar-refractivity contribution in [2.75, 3.05) is 13.2 Å². The molecule has 0 saturated carbocycles. The van der Waals surface area contributed by atoms with Crippen LogP contribution in [0.5, 0.6) is 0 Å². The first-order valence-corrected chi connectivity index (χ1v) is 4.53. The summed E-state index contributed by atoms with van der Waals surface area (Å²) in [4.78, 5) is 11.4. The van der Waals surface area contributed by atoms with Crippen molar-refractivity contribution in [3.8, 4) is 11.8 Å². The average Bonchev–Trinajstić information content (AvgIpc) is 2.52. The highest BCUT2D eigenvalue weighted by Gasteiger charge is 2.27. The van der Waals surface area contributed by atoms with E-state index in [0.717, 1.165) is 6.42 Å². The van der Waals surface area contributed by atoms with Gasteiger partial charge in [0.15, 0.2) is 0 Å². The van der Waals surface area contributed by atoms with Crippen molar-refractivity contribution < 1.29 is 9.53 Å². The number of nitrogens with one attached hydrogen (secondary N) is 1. The van der Waals surface area contributed by atoms with Crippen molar-refractivity contribution in [2.45, 2.75) is 26.4 Å². The molecule has 1 aliphatic heterocycles. The molecule has 1 heterocycles. The summed E-state index contributed by atoms with van der Waals surface area (Å²) in [6.07, 6.45) is 1.04. The summed E-state index contributed by atoms with van der Waals surface area (Å²) >= 11 is 0. The Kier molecular flexibility index (Phi) is 3.78. The quantitative estimate of drug-likeness (QED) is 0.632. The third kappa shape index (κ3) is 3.08. The zero-order valence-corrected chi connectivity index (χ0v) is 8.09. The topological polar surface area (TPSA) is 38.3 Å². The SMILES string of the molecule is CC#CCNC(=O)C1COC(C)C1. The van der Waals surface area contributed by atoms with Crippen LogP contribution in [0.3, 0.4) is 0 Å². The Morgan fingerprint density at radius 3 is 3.00 bits per heavy atom. The minimum Gasteiger partial charge on any atom is -0.378 e. The van der Waals surface area contributed by atoms with E-state index >= 15 is 0 Å². The summed E-state index contributed by atoms with van der Waals surface area (Å²) in [6, 6.07) is 0. The molecule has 1 fully saturated rings. The molecule has 2 atom stereocenters. The third-order valence-electron chi connectivity index (χ3n) is 2.10. The van der Waals surface area contributed by atoms with Gasteiger partial charge in [-0.05, 0) is 20.3 Å². The summed E-state index contributed by atoms with van der Waals surface area (Å²) < 4.78 is 5.30. The lowest BCUT2D eigenvalue weighted by atomic mass is 10.1. The van der Waals surface area contributed by atoms with Gasteiger partial charge in [0.05, 0.1) is 25.2 Å². The molecule has 1 N–H and O–H groups in total. The van der Waals surface area contributed by atoms with E-state index in [1.54, 1.807) is 6.92 Å². The Morgan fingerprint density at radius 1 is 1.69 bits per heavy atom. The third-order valence-corrected chi connectivity index (χ3v) is 2.10. The first kappa shape index (κ1) is 10.1. The Hall–Kier alpha value is -1.01. The number of carbonyl (C=O) groups is 1. The maximum absolute atomic E-state index is 11.4. The van der Waals surface area contributed by atoms with Gasteiger partial charge in [0.1, 0.15) is 0 Å². The van der Waals surface area contributed by atoms with Crippen LogP contribution in [-0.2, 0) is 9.53 Å². The second kappa shape index (κ2) is 4.88. The Balaban J connectivity index is 2.26. The van der Waals surface area contributed by atoms with Gasteiger partial charge in [0.2, 0.25) is 5.91 Å². The van der Waals surface area contributed by atoms with E-state index in [2.05, 4.69) is 17.2 Å². The van der Waals surface area contributed by atoms with Gasteiger partial charge in [-0.25, -0.2) is 0 Å². The van der Waals surface area contributed by atoms with E-state index in [0.29, 0.717) is 13.2 Å². The number of amides is 1. The number of ether oxygens (including phenoxy) is 1. The lowest BCUT2D eigenvalue weighted by Crippen LogP contribution is -2.31. The fraction of sp³-hybridized carbons (Fsp3) is 0.700. The van der Waals surface area contributed by atoms with Gasteiger partial charge in [-0.15, -0.1) is 5.92 Å². The fourth-order valence-corrected chi connectivity index (χ4v) is 1.36. The van der Waals surface area contributed by atoms with Crippen molar-refractivity contribution in [1.29, 1.82) is 0 Å². The summed E-state index contributed by atoms with van der Waals surface area (Å²) in [7, 11) is 0. The Morgan fingerprint density at radius 2 is 2.46 bits per heavy atom. The molecule has 0 aromatic rings. The molecule has 1 rings (SSSR count). The van der Waals surface area contributed by atoms with Crippen LogP contribution in [0, 0.1) is 17.8 Å². The van der Waals surface area contributed by atoms with Crippen LogP contribution in [0.2, 0.25) is 0 Å². The predicted octanol–water partition coefficient (Wildman–Crippen LogP) is 0.551. The van der Waals surface area contributed by atoms with Crippen LogP contribution in [0.25, 0.3) is 0 Å². The lowest BCUT2D eigenvalue weighted by molar-refractivity contribution is -0.124. The van der Waals surface area contributed by atoms with Crippen molar-refractivity contribution in [3.63, 3.8) is 0 Å². The van der Waals surface area contributed by atoms with Crippen LogP contribution in [0.1, 0.15) is 20.3 Å². The maximum Gasteiger partial charge on any atom is 0.226 e. The molecular formula is C10H15NO2. The van der Waals surface area contributed by atoms with Crippen LogP contribution in [0.4, 0.5) is 0 Å². The van der Waals surface area contributed by atoms with Crippen molar-refractivity contribution in [3.05, 3.63) is 0 Å². The normalized spacial score (nSPS) is 26.3. The van der Waals surface area contributed by atoms with E-state index in [4.69, 9.17) is 4.74 Å². The highest BCUT2D eigenvalue weighted by molar-refractivity contribution is 5.79. The molecule has 3 heteroatoms. The molecule has 72 valence electrons. The number of hydrogen-bond acceptors (Lipinski definition) is 2. The van der Waals surface area contributed by atoms with E-state index in [9.17, 15) is 4.79 Å². The predicted molar refractivity (Wildman–Crippen MR) is 50.0 cm³/mol. The summed E-state index contributed by atoms with van der Waals surface area (Å²) in [5.74, 6) is 5.60. The van der Waals surface area contributed by atoms with Crippen molar-refractivity contribution in [2.24, 2.45) is 5.92 Å². The number of carbonyl (C=O) groups excluding carboxylic acids is 1. The standard InChI is InChI=1S/C10H15NO2/c1-3-4-5-11-10(12)9-6-8(2)13-7-9/h8-9H,5-7H2,1-2H3,(H,11,12). The largest absolute Gasteiger partial charge is 0.378 e. The Bertz CT molecular complexity index is 239. The minimum absolute atomic E-state index is 0.0219. The molecule has 13 heavy (non-hydrogen) atoms. The lowest BCUT2D eigenvalue weighted by Gasteiger charge is -2.05. The highest BCUT2D eigenvalue weighted by atomic mass is 16.5. The number of rotatable bonds is 2. The molecule has 0 aliphatic carbocycles. The number of hydrogen-bond donors (Lipinski definition) is 1. The second-order valence-corrected chi connectivity index (χ2v) is 3.22. The molecule has 1 amide bonds. The van der Waals surface area contributed by atoms with Gasteiger partial charge < -0.3 is 10.1 Å². The van der Waals surface area contributed by atoms with Gasteiger partial charge in [-0.3, -0.25) is 4.79 Å². The Labute approximate surface area is 78.8 Å². The van der Waals surface area contributed by atoms with Gasteiger partial charge >= 0.3 is 0 Å². The van der Waals surface area contributed by atoms with Crippen LogP contribution in [0.15, 0.2) is 0 Å². The molecule has 1 saturated heterocycles. The molecule has 2 unspecified atom stereocenters. The van der Waals surface area contributed by atoms with Crippen LogP contribution >= 0.6 is 0 Å². The summed E-state index contributed by atoms with van der Waals surface area (Å²) in [5, 5.41) is 2.75. The molecule has 0 bridgehead atoms. The van der Waals surface area contributed by atoms with Gasteiger partial charge in [0.25, 0.3) is 0 Å². The van der Waals surface area contributed by atoms with E-state index in [-0.39, 0.29) is 17.9 Å². The summed E-state index contributed by atoms with van der Waals surface area (Å²) in [6.45, 7) is 4.73. The van der Waals surface area contributed by atoms with E-state index < -0.39 is 0 Å². The summed E-state index contributed by atoms with van der Waals surface area (Å²) in [5.41, 5.74) is 0. The second-order valence-electron chi connectivity index (χ2n) is 3.22. The monoisotopic (exact) mass is 181 g/mol. The molecule has 0 aromatic carbocycles. The zero-order chi connectivity index (χ0) is 9.68. The average molecular weight is 181 g/mol. The molecule has 0 spiro atoms. The van der Waals surface area contributed by atoms with Crippen LogP contribution in [-0.4, -0.2) is 25.2 Å². The first-order chi connectivity index (χ1) is 6.24. The van der Waals surface area contributed by atoms with Gasteiger partial charge in [-0.2, -0.15) is 0 Å². The molecule has 3 nitrogen and oxygen atoms in total. The highest BCUT2D eigenvalue weighted by Crippen LogP contribution is 2.18. The molecule has 1 aliphatic rings. The fourth-order valence-electron chi connectivity index (χ4n) is 1.36. The van der Waals surface area contributed by atoms with E-state index in [1.807, 2.05) is 6.92 Å². The molecule has 0 radical (unpaired) electrons. The minimum atomic E-state index is 0.0219. The first-order valence-electron chi connectivity index (χ1n) is 4.53. The van der Waals surface area contributed by atoms with E-state index in [1.165, 1.54) is 0 Å². The van der Waals surface area contributed by atoms with Crippen molar-refractivity contribution in [1.82, 2.24) is 5.32 Å². The van der Waals surface area contributed by atoms with Gasteiger partial charge in [-0.1, -0.05) is 5.92 Å². The van der Waals surface area contributed by atoms with Crippen LogP contribution < -0.4 is 5.32 Å². The van der Waals surface area contributed by atoms with Gasteiger partial charge in [0, 0.05) is 0 Å². The molecular weight excluding hydrogens is 166 g/mol. The molecule has 0 aromatic heterocycles. The smallest absolute Gasteiger partial charge is 0.226 e. The van der Waals surface area contributed by atoms with Crippen molar-refractivity contribution >= 4 is 5.91 Å².